The molecule has 2 aromatic rings. The van der Waals surface area contributed by atoms with Gasteiger partial charge in [-0.15, -0.1) is 0 Å². The molecule has 3 rings (SSSR count). The molecule has 0 N–H and O–H groups in total. The van der Waals surface area contributed by atoms with Gasteiger partial charge in [-0.3, -0.25) is 0 Å². The second-order valence-electron chi connectivity index (χ2n) is 7.00. The number of fused-ring (bicyclic) bond motifs is 3. The standard InChI is InChI=1S/C20H26O2Si/c1-13(2)23(14(3)4)19-9-7-15(21-5)11-17(19)18-12-16(22-6)8-10-20(18)23/h7-14H,1-6H3. The molecule has 0 amide bonds. The Morgan fingerprint density at radius 2 is 1.09 bits per heavy atom. The first-order chi connectivity index (χ1) is 11.0. The molecular weight excluding hydrogens is 300 g/mol. The first-order valence-electron chi connectivity index (χ1n) is 8.34. The number of rotatable bonds is 4. The molecule has 2 nitrogen and oxygen atoms in total. The molecular formula is C20H26O2Si. The molecule has 0 unspecified atom stereocenters. The summed E-state index contributed by atoms with van der Waals surface area (Å²) in [6, 6.07) is 13.3. The van der Waals surface area contributed by atoms with E-state index >= 15 is 0 Å². The maximum atomic E-state index is 5.48. The van der Waals surface area contributed by atoms with Crippen LogP contribution in [0.5, 0.6) is 11.5 Å². The van der Waals surface area contributed by atoms with Crippen molar-refractivity contribution in [2.75, 3.05) is 14.2 Å². The van der Waals surface area contributed by atoms with E-state index in [0.29, 0.717) is 11.1 Å². The van der Waals surface area contributed by atoms with Crippen molar-refractivity contribution in [3.8, 4) is 22.6 Å². The van der Waals surface area contributed by atoms with Gasteiger partial charge in [0.1, 0.15) is 19.6 Å². The Hall–Kier alpha value is -1.74. The molecule has 1 aliphatic rings. The van der Waals surface area contributed by atoms with E-state index in [1.165, 1.54) is 11.1 Å². The lowest BCUT2D eigenvalue weighted by Crippen LogP contribution is -2.59. The second kappa shape index (κ2) is 5.71. The Labute approximate surface area is 140 Å². The first kappa shape index (κ1) is 16.1. The van der Waals surface area contributed by atoms with Crippen LogP contribution in [0.3, 0.4) is 0 Å². The van der Waals surface area contributed by atoms with Gasteiger partial charge in [-0.05, 0) is 56.8 Å². The number of methoxy groups -OCH3 is 2. The molecule has 0 atom stereocenters. The summed E-state index contributed by atoms with van der Waals surface area (Å²) in [7, 11) is 1.66. The smallest absolute Gasteiger partial charge is 0.124 e. The molecule has 0 bridgehead atoms. The fraction of sp³-hybridized carbons (Fsp3) is 0.400. The summed E-state index contributed by atoms with van der Waals surface area (Å²) in [5.41, 5.74) is 3.97. The van der Waals surface area contributed by atoms with E-state index < -0.39 is 8.07 Å². The SMILES string of the molecule is COc1ccc2c(c1)-c1cc(OC)ccc1[Si]2(C(C)C)C(C)C. The van der Waals surface area contributed by atoms with Crippen molar-refractivity contribution < 1.29 is 9.47 Å². The van der Waals surface area contributed by atoms with Gasteiger partial charge in [0.05, 0.1) is 14.2 Å². The lowest BCUT2D eigenvalue weighted by atomic mass is 10.1. The second-order valence-corrected chi connectivity index (χ2v) is 12.1. The van der Waals surface area contributed by atoms with E-state index in [-0.39, 0.29) is 0 Å². The summed E-state index contributed by atoms with van der Waals surface area (Å²) >= 11 is 0. The predicted octanol–water partition coefficient (Wildman–Crippen LogP) is 4.07. The van der Waals surface area contributed by atoms with Gasteiger partial charge in [-0.2, -0.15) is 0 Å². The Balaban J connectivity index is 2.38. The highest BCUT2D eigenvalue weighted by molar-refractivity contribution is 7.07. The third-order valence-corrected chi connectivity index (χ3v) is 11.8. The zero-order chi connectivity index (χ0) is 16.8. The first-order valence-corrected chi connectivity index (χ1v) is 10.5. The fourth-order valence-corrected chi connectivity index (χ4v) is 10.7. The minimum Gasteiger partial charge on any atom is -0.497 e. The van der Waals surface area contributed by atoms with Crippen molar-refractivity contribution in [3.63, 3.8) is 0 Å². The summed E-state index contributed by atoms with van der Waals surface area (Å²) in [6.45, 7) is 9.55. The number of ether oxygens (including phenoxy) is 2. The van der Waals surface area contributed by atoms with Crippen LogP contribution in [-0.4, -0.2) is 22.3 Å². The van der Waals surface area contributed by atoms with Gasteiger partial charge in [0.25, 0.3) is 0 Å². The summed E-state index contributed by atoms with van der Waals surface area (Å²) < 4.78 is 11.0. The van der Waals surface area contributed by atoms with E-state index in [2.05, 4.69) is 64.1 Å². The largest absolute Gasteiger partial charge is 0.497 e. The van der Waals surface area contributed by atoms with Crippen molar-refractivity contribution in [1.82, 2.24) is 0 Å². The van der Waals surface area contributed by atoms with E-state index in [1.54, 1.807) is 24.6 Å². The zero-order valence-corrected chi connectivity index (χ0v) is 15.9. The monoisotopic (exact) mass is 326 g/mol. The molecule has 23 heavy (non-hydrogen) atoms. The van der Waals surface area contributed by atoms with Crippen molar-refractivity contribution in [2.45, 2.75) is 38.8 Å². The fourth-order valence-electron chi connectivity index (χ4n) is 4.52. The number of benzene rings is 2. The highest BCUT2D eigenvalue weighted by Crippen LogP contribution is 2.42. The van der Waals surface area contributed by atoms with Crippen LogP contribution in [-0.2, 0) is 0 Å². The zero-order valence-electron chi connectivity index (χ0n) is 14.9. The Kier molecular flexibility index (Phi) is 4.01. The van der Waals surface area contributed by atoms with Crippen LogP contribution < -0.4 is 19.8 Å². The highest BCUT2D eigenvalue weighted by atomic mass is 28.3. The van der Waals surface area contributed by atoms with Gasteiger partial charge in [0.15, 0.2) is 0 Å². The van der Waals surface area contributed by atoms with Gasteiger partial charge >= 0.3 is 0 Å². The molecule has 0 aliphatic carbocycles. The van der Waals surface area contributed by atoms with E-state index in [4.69, 9.17) is 9.47 Å². The average molecular weight is 327 g/mol. The molecule has 0 fully saturated rings. The summed E-state index contributed by atoms with van der Waals surface area (Å²) in [6.07, 6.45) is 0. The molecule has 1 aliphatic heterocycles. The van der Waals surface area contributed by atoms with E-state index in [9.17, 15) is 0 Å². The maximum Gasteiger partial charge on any atom is 0.124 e. The van der Waals surface area contributed by atoms with Gasteiger partial charge in [-0.1, -0.05) is 39.8 Å². The van der Waals surface area contributed by atoms with Crippen molar-refractivity contribution in [1.29, 1.82) is 0 Å². The molecule has 0 saturated heterocycles. The molecule has 122 valence electrons. The normalized spacial score (nSPS) is 14.8. The molecule has 0 aromatic heterocycles. The molecule has 0 saturated carbocycles. The average Bonchev–Trinajstić information content (AvgIpc) is 2.84. The van der Waals surface area contributed by atoms with Crippen molar-refractivity contribution in [3.05, 3.63) is 36.4 Å². The highest BCUT2D eigenvalue weighted by Gasteiger charge is 2.50. The molecule has 3 heteroatoms. The molecule has 0 radical (unpaired) electrons. The topological polar surface area (TPSA) is 18.5 Å². The van der Waals surface area contributed by atoms with Crippen LogP contribution in [0, 0.1) is 0 Å². The number of hydrogen-bond acceptors (Lipinski definition) is 2. The molecule has 1 heterocycles. The quantitative estimate of drug-likeness (QED) is 0.789. The van der Waals surface area contributed by atoms with E-state index in [0.717, 1.165) is 11.5 Å². The van der Waals surface area contributed by atoms with Gasteiger partial charge in [0.2, 0.25) is 0 Å². The Bertz CT molecular complexity index is 671. The lowest BCUT2D eigenvalue weighted by molar-refractivity contribution is 0.414. The third-order valence-electron chi connectivity index (χ3n) is 5.46. The third kappa shape index (κ3) is 2.13. The minimum atomic E-state index is -1.81. The van der Waals surface area contributed by atoms with Crippen LogP contribution in [0.1, 0.15) is 27.7 Å². The van der Waals surface area contributed by atoms with Crippen molar-refractivity contribution in [2.24, 2.45) is 0 Å². The van der Waals surface area contributed by atoms with Crippen LogP contribution in [0.15, 0.2) is 36.4 Å². The predicted molar refractivity (Wildman–Crippen MR) is 100 cm³/mol. The van der Waals surface area contributed by atoms with Gasteiger partial charge in [0, 0.05) is 0 Å². The lowest BCUT2D eigenvalue weighted by Gasteiger charge is -2.37. The van der Waals surface area contributed by atoms with Gasteiger partial charge in [-0.25, -0.2) is 0 Å². The minimum absolute atomic E-state index is 0.643. The summed E-state index contributed by atoms with van der Waals surface area (Å²) in [5, 5.41) is 3.10. The van der Waals surface area contributed by atoms with Crippen LogP contribution in [0.4, 0.5) is 0 Å². The summed E-state index contributed by atoms with van der Waals surface area (Å²) in [4.78, 5) is 0. The van der Waals surface area contributed by atoms with Crippen LogP contribution in [0.25, 0.3) is 11.1 Å². The van der Waals surface area contributed by atoms with Crippen LogP contribution in [0.2, 0.25) is 11.1 Å². The van der Waals surface area contributed by atoms with Crippen molar-refractivity contribution >= 4 is 18.4 Å². The van der Waals surface area contributed by atoms with Gasteiger partial charge < -0.3 is 9.47 Å². The molecule has 2 aromatic carbocycles. The maximum absolute atomic E-state index is 5.48. The molecule has 0 spiro atoms. The number of hydrogen-bond donors (Lipinski definition) is 0. The summed E-state index contributed by atoms with van der Waals surface area (Å²) in [5.74, 6) is 1.85. The Morgan fingerprint density at radius 1 is 0.696 bits per heavy atom. The van der Waals surface area contributed by atoms with Crippen LogP contribution >= 0.6 is 0 Å². The van der Waals surface area contributed by atoms with E-state index in [1.807, 2.05) is 0 Å². The Morgan fingerprint density at radius 3 is 1.39 bits per heavy atom.